The molecule has 0 aliphatic heterocycles. The van der Waals surface area contributed by atoms with E-state index in [2.05, 4.69) is 36.7 Å². The minimum Gasteiger partial charge on any atom is -0.490 e. The maximum absolute atomic E-state index is 13.5. The van der Waals surface area contributed by atoms with Gasteiger partial charge in [0.05, 0.1) is 6.61 Å². The van der Waals surface area contributed by atoms with Gasteiger partial charge in [-0.3, -0.25) is 0 Å². The van der Waals surface area contributed by atoms with Crippen LogP contribution in [0.25, 0.3) is 0 Å². The van der Waals surface area contributed by atoms with Crippen molar-refractivity contribution in [3.8, 4) is 5.75 Å². The molecule has 0 bridgehead atoms. The molecular formula is C13H18BrFO. The standard InChI is InChI=1S/C13H18BrFO/c1-13(2,3)7-8-16-12-10(9-14)5-4-6-11(12)15/h4-6H,7-9H2,1-3H3. The van der Waals surface area contributed by atoms with Gasteiger partial charge in [-0.05, 0) is 17.9 Å². The molecule has 0 fully saturated rings. The number of hydrogen-bond donors (Lipinski definition) is 0. The van der Waals surface area contributed by atoms with Gasteiger partial charge in [-0.25, -0.2) is 4.39 Å². The van der Waals surface area contributed by atoms with E-state index >= 15 is 0 Å². The number of rotatable bonds is 4. The number of para-hydroxylation sites is 1. The second-order valence-corrected chi connectivity index (χ2v) is 5.58. The summed E-state index contributed by atoms with van der Waals surface area (Å²) in [6.45, 7) is 6.97. The minimum atomic E-state index is -0.286. The lowest BCUT2D eigenvalue weighted by molar-refractivity contribution is 0.234. The average Bonchev–Trinajstić information content (AvgIpc) is 2.18. The first-order valence-corrected chi connectivity index (χ1v) is 6.52. The van der Waals surface area contributed by atoms with Gasteiger partial charge in [0.2, 0.25) is 0 Å². The normalized spacial score (nSPS) is 11.6. The molecule has 0 unspecified atom stereocenters. The predicted molar refractivity (Wildman–Crippen MR) is 68.6 cm³/mol. The van der Waals surface area contributed by atoms with E-state index in [1.54, 1.807) is 6.07 Å². The SMILES string of the molecule is CC(C)(C)CCOc1c(F)cccc1CBr. The van der Waals surface area contributed by atoms with Crippen LogP contribution in [0.15, 0.2) is 18.2 Å². The second kappa shape index (κ2) is 5.67. The Balaban J connectivity index is 2.66. The maximum atomic E-state index is 13.5. The number of halogens is 2. The van der Waals surface area contributed by atoms with E-state index < -0.39 is 0 Å². The first kappa shape index (κ1) is 13.5. The average molecular weight is 289 g/mol. The Morgan fingerprint density at radius 2 is 2.00 bits per heavy atom. The van der Waals surface area contributed by atoms with Crippen molar-refractivity contribution >= 4 is 15.9 Å². The summed E-state index contributed by atoms with van der Waals surface area (Å²) in [7, 11) is 0. The van der Waals surface area contributed by atoms with E-state index in [0.29, 0.717) is 17.7 Å². The van der Waals surface area contributed by atoms with E-state index in [4.69, 9.17) is 4.74 Å². The zero-order chi connectivity index (χ0) is 12.2. The third kappa shape index (κ3) is 4.12. The van der Waals surface area contributed by atoms with Gasteiger partial charge in [-0.15, -0.1) is 0 Å². The number of ether oxygens (including phenoxy) is 1. The molecule has 0 aromatic heterocycles. The number of alkyl halides is 1. The maximum Gasteiger partial charge on any atom is 0.165 e. The highest BCUT2D eigenvalue weighted by atomic mass is 79.9. The molecule has 0 radical (unpaired) electrons. The van der Waals surface area contributed by atoms with Crippen LogP contribution in [0, 0.1) is 11.2 Å². The van der Waals surface area contributed by atoms with Crippen LogP contribution in [0.5, 0.6) is 5.75 Å². The van der Waals surface area contributed by atoms with E-state index in [0.717, 1.165) is 12.0 Å². The number of benzene rings is 1. The van der Waals surface area contributed by atoms with Crippen molar-refractivity contribution in [1.29, 1.82) is 0 Å². The molecule has 0 amide bonds. The third-order valence-corrected chi connectivity index (χ3v) is 2.90. The van der Waals surface area contributed by atoms with Gasteiger partial charge in [0.15, 0.2) is 11.6 Å². The van der Waals surface area contributed by atoms with Crippen molar-refractivity contribution in [2.24, 2.45) is 5.41 Å². The molecule has 0 saturated carbocycles. The molecule has 3 heteroatoms. The highest BCUT2D eigenvalue weighted by molar-refractivity contribution is 9.08. The largest absolute Gasteiger partial charge is 0.490 e. The predicted octanol–water partition coefficient (Wildman–Crippen LogP) is 4.54. The van der Waals surface area contributed by atoms with E-state index in [-0.39, 0.29) is 11.2 Å². The van der Waals surface area contributed by atoms with E-state index in [1.165, 1.54) is 6.07 Å². The first-order valence-electron chi connectivity index (χ1n) is 5.40. The van der Waals surface area contributed by atoms with Crippen molar-refractivity contribution in [2.75, 3.05) is 6.61 Å². The summed E-state index contributed by atoms with van der Waals surface area (Å²) < 4.78 is 19.0. The Labute approximate surface area is 105 Å². The minimum absolute atomic E-state index is 0.208. The first-order chi connectivity index (χ1) is 7.44. The van der Waals surface area contributed by atoms with Crippen molar-refractivity contribution in [3.63, 3.8) is 0 Å². The smallest absolute Gasteiger partial charge is 0.165 e. The summed E-state index contributed by atoms with van der Waals surface area (Å²) in [5.41, 5.74) is 1.06. The lowest BCUT2D eigenvalue weighted by Crippen LogP contribution is -2.12. The molecule has 1 nitrogen and oxygen atoms in total. The second-order valence-electron chi connectivity index (χ2n) is 5.02. The fraction of sp³-hybridized carbons (Fsp3) is 0.538. The fourth-order valence-electron chi connectivity index (χ4n) is 1.28. The molecule has 0 aliphatic rings. The molecule has 0 saturated heterocycles. The van der Waals surface area contributed by atoms with Crippen molar-refractivity contribution < 1.29 is 9.13 Å². The lowest BCUT2D eigenvalue weighted by Gasteiger charge is -2.19. The van der Waals surface area contributed by atoms with Crippen LogP contribution < -0.4 is 4.74 Å². The van der Waals surface area contributed by atoms with Crippen LogP contribution in [-0.2, 0) is 5.33 Å². The van der Waals surface area contributed by atoms with Gasteiger partial charge in [0.1, 0.15) is 0 Å². The molecule has 0 spiro atoms. The van der Waals surface area contributed by atoms with Crippen LogP contribution in [-0.4, -0.2) is 6.61 Å². The van der Waals surface area contributed by atoms with E-state index in [1.807, 2.05) is 6.07 Å². The van der Waals surface area contributed by atoms with E-state index in [9.17, 15) is 4.39 Å². The topological polar surface area (TPSA) is 9.23 Å². The zero-order valence-electron chi connectivity index (χ0n) is 10.0. The summed E-state index contributed by atoms with van der Waals surface area (Å²) in [6, 6.07) is 4.99. The number of hydrogen-bond acceptors (Lipinski definition) is 1. The molecular weight excluding hydrogens is 271 g/mol. The highest BCUT2D eigenvalue weighted by Crippen LogP contribution is 2.26. The monoisotopic (exact) mass is 288 g/mol. The van der Waals surface area contributed by atoms with Crippen LogP contribution in [0.1, 0.15) is 32.8 Å². The molecule has 16 heavy (non-hydrogen) atoms. The van der Waals surface area contributed by atoms with Crippen LogP contribution in [0.4, 0.5) is 4.39 Å². The lowest BCUT2D eigenvalue weighted by atomic mass is 9.93. The summed E-state index contributed by atoms with van der Waals surface area (Å²) in [6.07, 6.45) is 0.906. The van der Waals surface area contributed by atoms with Crippen molar-refractivity contribution in [2.45, 2.75) is 32.5 Å². The Morgan fingerprint density at radius 1 is 1.31 bits per heavy atom. The Morgan fingerprint density at radius 3 is 2.56 bits per heavy atom. The van der Waals surface area contributed by atoms with Gasteiger partial charge in [0.25, 0.3) is 0 Å². The highest BCUT2D eigenvalue weighted by Gasteiger charge is 2.13. The van der Waals surface area contributed by atoms with Crippen molar-refractivity contribution in [3.05, 3.63) is 29.6 Å². The molecule has 1 aromatic carbocycles. The molecule has 90 valence electrons. The fourth-order valence-corrected chi connectivity index (χ4v) is 1.72. The summed E-state index contributed by atoms with van der Waals surface area (Å²) in [4.78, 5) is 0. The van der Waals surface area contributed by atoms with Gasteiger partial charge in [-0.1, -0.05) is 48.8 Å². The van der Waals surface area contributed by atoms with Gasteiger partial charge < -0.3 is 4.74 Å². The molecule has 0 N–H and O–H groups in total. The Kier molecular flexibility index (Phi) is 4.78. The summed E-state index contributed by atoms with van der Waals surface area (Å²) >= 11 is 3.33. The quantitative estimate of drug-likeness (QED) is 0.740. The molecule has 0 atom stereocenters. The molecule has 1 aromatic rings. The van der Waals surface area contributed by atoms with Crippen LogP contribution in [0.2, 0.25) is 0 Å². The van der Waals surface area contributed by atoms with Gasteiger partial charge >= 0.3 is 0 Å². The zero-order valence-corrected chi connectivity index (χ0v) is 11.6. The third-order valence-electron chi connectivity index (χ3n) is 2.29. The summed E-state index contributed by atoms with van der Waals surface area (Å²) in [5, 5.41) is 0.607. The molecule has 1 rings (SSSR count). The molecule has 0 aliphatic carbocycles. The van der Waals surface area contributed by atoms with Crippen LogP contribution >= 0.6 is 15.9 Å². The van der Waals surface area contributed by atoms with Gasteiger partial charge in [-0.2, -0.15) is 0 Å². The Hall–Kier alpha value is -0.570. The summed E-state index contributed by atoms with van der Waals surface area (Å²) in [5.74, 6) is 0.0921. The van der Waals surface area contributed by atoms with Crippen LogP contribution in [0.3, 0.4) is 0 Å². The molecule has 0 heterocycles. The Bertz CT molecular complexity index is 344. The van der Waals surface area contributed by atoms with Crippen molar-refractivity contribution in [1.82, 2.24) is 0 Å². The van der Waals surface area contributed by atoms with Gasteiger partial charge in [0, 0.05) is 10.9 Å².